The summed E-state index contributed by atoms with van der Waals surface area (Å²) >= 11 is 0. The summed E-state index contributed by atoms with van der Waals surface area (Å²) in [6.07, 6.45) is 0.427. The highest BCUT2D eigenvalue weighted by Gasteiger charge is 2.14. The first kappa shape index (κ1) is 11.8. The lowest BCUT2D eigenvalue weighted by molar-refractivity contribution is 0.236. The van der Waals surface area contributed by atoms with Crippen molar-refractivity contribution in [3.8, 4) is 0 Å². The Bertz CT molecular complexity index is 657. The molecule has 0 radical (unpaired) electrons. The second kappa shape index (κ2) is 4.79. The number of nitrogens with one attached hydrogen (secondary N) is 1. The molecule has 3 rings (SSSR count). The molecule has 0 unspecified atom stereocenters. The summed E-state index contributed by atoms with van der Waals surface area (Å²) in [4.78, 5) is 11.7. The van der Waals surface area contributed by atoms with E-state index in [9.17, 15) is 0 Å². The Labute approximate surface area is 108 Å². The van der Waals surface area contributed by atoms with Crippen LogP contribution in [-0.2, 0) is 6.42 Å². The van der Waals surface area contributed by atoms with E-state index < -0.39 is 6.04 Å². The number of aliphatic hydroxyl groups is 1. The topological polar surface area (TPSA) is 114 Å². The van der Waals surface area contributed by atoms with Crippen molar-refractivity contribution in [3.05, 3.63) is 41.8 Å². The number of hydrogen-bond acceptors (Lipinski definition) is 6. The Kier molecular flexibility index (Phi) is 2.98. The number of nitrogens with zero attached hydrogens (tertiary/aromatic N) is 3. The second-order valence-corrected chi connectivity index (χ2v) is 4.22. The fourth-order valence-corrected chi connectivity index (χ4v) is 1.81. The van der Waals surface area contributed by atoms with E-state index in [1.165, 1.54) is 0 Å². The zero-order valence-electron chi connectivity index (χ0n) is 10.1. The Morgan fingerprint density at radius 1 is 1.32 bits per heavy atom. The third-order valence-corrected chi connectivity index (χ3v) is 2.76. The molecule has 7 nitrogen and oxygen atoms in total. The van der Waals surface area contributed by atoms with Gasteiger partial charge in [0.1, 0.15) is 11.9 Å². The zero-order chi connectivity index (χ0) is 13.2. The summed E-state index contributed by atoms with van der Waals surface area (Å²) in [5, 5.41) is 12.7. The molecular weight excluding hydrogens is 246 g/mol. The maximum Gasteiger partial charge on any atom is 0.245 e. The van der Waals surface area contributed by atoms with Gasteiger partial charge in [0.05, 0.1) is 24.1 Å². The quantitative estimate of drug-likeness (QED) is 0.629. The lowest BCUT2D eigenvalue weighted by Crippen LogP contribution is -2.14. The van der Waals surface area contributed by atoms with Crippen LogP contribution in [-0.4, -0.2) is 31.8 Å². The predicted octanol–water partition coefficient (Wildman–Crippen LogP) is 0.529. The molecule has 1 aromatic carbocycles. The average Bonchev–Trinajstić information content (AvgIpc) is 3.04. The smallest absolute Gasteiger partial charge is 0.245 e. The molecule has 0 bridgehead atoms. The van der Waals surface area contributed by atoms with E-state index in [4.69, 9.17) is 15.4 Å². The van der Waals surface area contributed by atoms with Crippen LogP contribution in [0.15, 0.2) is 28.8 Å². The molecule has 2 heterocycles. The third-order valence-electron chi connectivity index (χ3n) is 2.76. The number of aromatic amines is 1. The zero-order valence-corrected chi connectivity index (χ0v) is 10.1. The minimum Gasteiger partial charge on any atom is -0.394 e. The van der Waals surface area contributed by atoms with Crippen LogP contribution in [0.25, 0.3) is 11.0 Å². The fraction of sp³-hybridized carbons (Fsp3) is 0.250. The van der Waals surface area contributed by atoms with Gasteiger partial charge in [-0.15, -0.1) is 0 Å². The fourth-order valence-electron chi connectivity index (χ4n) is 1.81. The molecule has 0 saturated carbocycles. The molecule has 0 aliphatic rings. The van der Waals surface area contributed by atoms with Gasteiger partial charge in [0.15, 0.2) is 5.82 Å². The summed E-state index contributed by atoms with van der Waals surface area (Å²) in [7, 11) is 0. The Morgan fingerprint density at radius 2 is 2.16 bits per heavy atom. The monoisotopic (exact) mass is 259 g/mol. The molecule has 19 heavy (non-hydrogen) atoms. The number of para-hydroxylation sites is 2. The summed E-state index contributed by atoms with van der Waals surface area (Å²) in [5.74, 6) is 1.47. The molecule has 3 aromatic rings. The lowest BCUT2D eigenvalue weighted by atomic mass is 10.3. The van der Waals surface area contributed by atoms with E-state index in [1.54, 1.807) is 0 Å². The molecule has 98 valence electrons. The SMILES string of the molecule is N[C@H](CO)c1nc(Cc2nc3ccccc3[nH]2)no1. The van der Waals surface area contributed by atoms with Gasteiger partial charge in [-0.05, 0) is 12.1 Å². The van der Waals surface area contributed by atoms with Gasteiger partial charge in [0.25, 0.3) is 0 Å². The highest BCUT2D eigenvalue weighted by atomic mass is 16.5. The first-order chi connectivity index (χ1) is 9.26. The molecule has 0 aliphatic heterocycles. The van der Waals surface area contributed by atoms with E-state index in [-0.39, 0.29) is 12.5 Å². The van der Waals surface area contributed by atoms with E-state index in [0.29, 0.717) is 12.2 Å². The molecule has 0 fully saturated rings. The number of hydrogen-bond donors (Lipinski definition) is 3. The van der Waals surface area contributed by atoms with Gasteiger partial charge in [-0.25, -0.2) is 4.98 Å². The van der Waals surface area contributed by atoms with Crippen molar-refractivity contribution in [2.45, 2.75) is 12.5 Å². The van der Waals surface area contributed by atoms with Crippen LogP contribution in [0.4, 0.5) is 0 Å². The number of rotatable bonds is 4. The number of aromatic nitrogens is 4. The highest BCUT2D eigenvalue weighted by molar-refractivity contribution is 5.74. The van der Waals surface area contributed by atoms with Crippen molar-refractivity contribution in [3.63, 3.8) is 0 Å². The third kappa shape index (κ3) is 2.33. The van der Waals surface area contributed by atoms with E-state index in [1.807, 2.05) is 24.3 Å². The van der Waals surface area contributed by atoms with Crippen LogP contribution >= 0.6 is 0 Å². The van der Waals surface area contributed by atoms with Crippen molar-refractivity contribution in [1.82, 2.24) is 20.1 Å². The van der Waals surface area contributed by atoms with Crippen LogP contribution in [0.2, 0.25) is 0 Å². The van der Waals surface area contributed by atoms with Crippen LogP contribution in [0.3, 0.4) is 0 Å². The van der Waals surface area contributed by atoms with Gasteiger partial charge < -0.3 is 20.3 Å². The van der Waals surface area contributed by atoms with Crippen LogP contribution in [0, 0.1) is 0 Å². The summed E-state index contributed by atoms with van der Waals surface area (Å²) in [6.45, 7) is -0.230. The van der Waals surface area contributed by atoms with Gasteiger partial charge in [0, 0.05) is 0 Å². The van der Waals surface area contributed by atoms with Crippen molar-refractivity contribution in [1.29, 1.82) is 0 Å². The minimum absolute atomic E-state index is 0.230. The predicted molar refractivity (Wildman–Crippen MR) is 67.2 cm³/mol. The van der Waals surface area contributed by atoms with Crippen molar-refractivity contribution in [2.24, 2.45) is 5.73 Å². The molecule has 0 aliphatic carbocycles. The Balaban J connectivity index is 1.82. The van der Waals surface area contributed by atoms with Gasteiger partial charge >= 0.3 is 0 Å². The second-order valence-electron chi connectivity index (χ2n) is 4.22. The first-order valence-electron chi connectivity index (χ1n) is 5.89. The van der Waals surface area contributed by atoms with Crippen molar-refractivity contribution in [2.75, 3.05) is 6.61 Å². The average molecular weight is 259 g/mol. The number of benzene rings is 1. The molecule has 4 N–H and O–H groups in total. The molecule has 0 spiro atoms. The van der Waals surface area contributed by atoms with Gasteiger partial charge in [-0.1, -0.05) is 17.3 Å². The molecule has 2 aromatic heterocycles. The van der Waals surface area contributed by atoms with Gasteiger partial charge in [0.2, 0.25) is 5.89 Å². The van der Waals surface area contributed by atoms with E-state index >= 15 is 0 Å². The Hall–Kier alpha value is -2.25. The maximum atomic E-state index is 8.91. The summed E-state index contributed by atoms with van der Waals surface area (Å²) in [6, 6.07) is 7.11. The van der Waals surface area contributed by atoms with E-state index in [0.717, 1.165) is 16.9 Å². The normalized spacial score (nSPS) is 12.9. The van der Waals surface area contributed by atoms with Crippen LogP contribution in [0.1, 0.15) is 23.6 Å². The largest absolute Gasteiger partial charge is 0.394 e. The number of fused-ring (bicyclic) bond motifs is 1. The summed E-state index contributed by atoms with van der Waals surface area (Å²) in [5.41, 5.74) is 7.46. The molecule has 7 heteroatoms. The lowest BCUT2D eigenvalue weighted by Gasteiger charge is -1.98. The minimum atomic E-state index is -0.642. The Morgan fingerprint density at radius 3 is 2.95 bits per heavy atom. The van der Waals surface area contributed by atoms with E-state index in [2.05, 4.69) is 20.1 Å². The van der Waals surface area contributed by atoms with Crippen LogP contribution in [0.5, 0.6) is 0 Å². The number of imidazole rings is 1. The summed E-state index contributed by atoms with van der Waals surface area (Å²) < 4.78 is 4.98. The highest BCUT2D eigenvalue weighted by Crippen LogP contribution is 2.13. The van der Waals surface area contributed by atoms with Gasteiger partial charge in [-0.2, -0.15) is 4.98 Å². The number of H-pyrrole nitrogens is 1. The van der Waals surface area contributed by atoms with Crippen molar-refractivity contribution >= 4 is 11.0 Å². The maximum absolute atomic E-state index is 8.91. The van der Waals surface area contributed by atoms with Crippen LogP contribution < -0.4 is 5.73 Å². The molecule has 0 saturated heterocycles. The molecule has 0 amide bonds. The standard InChI is InChI=1S/C12H13N5O2/c13-7(6-18)12-16-11(17-19-12)5-10-14-8-3-1-2-4-9(8)15-10/h1-4,7,18H,5-6,13H2,(H,14,15)/t7-/m1/s1. The number of nitrogens with two attached hydrogens (primary N) is 1. The first-order valence-corrected chi connectivity index (χ1v) is 5.89. The van der Waals surface area contributed by atoms with Crippen molar-refractivity contribution < 1.29 is 9.63 Å². The molecular formula is C12H13N5O2. The van der Waals surface area contributed by atoms with Gasteiger partial charge in [-0.3, -0.25) is 0 Å². The number of aliphatic hydroxyl groups excluding tert-OH is 1. The molecule has 1 atom stereocenters.